The van der Waals surface area contributed by atoms with Gasteiger partial charge < -0.3 is 20.8 Å². The summed E-state index contributed by atoms with van der Waals surface area (Å²) in [5, 5.41) is 3.65. The Morgan fingerprint density at radius 2 is 1.94 bits per heavy atom. The van der Waals surface area contributed by atoms with Gasteiger partial charge in [0.05, 0.1) is 17.6 Å². The van der Waals surface area contributed by atoms with Gasteiger partial charge in [0, 0.05) is 6.42 Å². The lowest BCUT2D eigenvalue weighted by Crippen LogP contribution is -2.56. The predicted octanol–water partition coefficient (Wildman–Crippen LogP) is 2.00. The predicted molar refractivity (Wildman–Crippen MR) is 124 cm³/mol. The van der Waals surface area contributed by atoms with E-state index in [9.17, 15) is 19.2 Å². The Balaban J connectivity index is 1.74. The van der Waals surface area contributed by atoms with E-state index in [2.05, 4.69) is 20.7 Å². The summed E-state index contributed by atoms with van der Waals surface area (Å²) in [6, 6.07) is 6.30. The van der Waals surface area contributed by atoms with Gasteiger partial charge in [-0.1, -0.05) is 31.4 Å². The minimum Gasteiger partial charge on any atom is -0.442 e. The quantitative estimate of drug-likeness (QED) is 0.430. The molecule has 5 N–H and O–H groups in total. The number of hydrogen-bond donors (Lipinski definition) is 4. The first-order valence-electron chi connectivity index (χ1n) is 11.4. The Hall–Kier alpha value is -3.63. The smallest absolute Gasteiger partial charge is 0.429 e. The van der Waals surface area contributed by atoms with Crippen LogP contribution in [0.15, 0.2) is 24.3 Å². The lowest BCUT2D eigenvalue weighted by atomic mass is 9.80. The summed E-state index contributed by atoms with van der Waals surface area (Å²) in [4.78, 5) is 57.1. The van der Waals surface area contributed by atoms with Crippen LogP contribution in [0.5, 0.6) is 0 Å². The number of hydrogen-bond acceptors (Lipinski definition) is 6. The van der Waals surface area contributed by atoms with Crippen LogP contribution in [0.2, 0.25) is 0 Å². The van der Waals surface area contributed by atoms with E-state index >= 15 is 0 Å². The molecule has 2 aromatic rings. The van der Waals surface area contributed by atoms with Crippen LogP contribution in [0.1, 0.15) is 63.5 Å². The van der Waals surface area contributed by atoms with Crippen molar-refractivity contribution in [2.24, 2.45) is 11.7 Å². The summed E-state index contributed by atoms with van der Waals surface area (Å²) < 4.78 is 5.33. The van der Waals surface area contributed by atoms with Gasteiger partial charge in [0.15, 0.2) is 5.82 Å². The van der Waals surface area contributed by atoms with Crippen LogP contribution in [0.3, 0.4) is 0 Å². The first kappa shape index (κ1) is 25.0. The fraction of sp³-hybridized carbons (Fsp3) is 0.522. The van der Waals surface area contributed by atoms with Gasteiger partial charge in [-0.15, -0.1) is 0 Å². The number of imidazole rings is 1. The van der Waals surface area contributed by atoms with Crippen molar-refractivity contribution in [3.05, 3.63) is 30.1 Å². The van der Waals surface area contributed by atoms with Crippen molar-refractivity contribution in [2.45, 2.75) is 64.5 Å². The molecule has 0 unspecified atom stereocenters. The molecule has 1 aromatic carbocycles. The van der Waals surface area contributed by atoms with Gasteiger partial charge in [-0.2, -0.15) is 0 Å². The summed E-state index contributed by atoms with van der Waals surface area (Å²) >= 11 is 0. The van der Waals surface area contributed by atoms with E-state index in [0.717, 1.165) is 24.3 Å². The number of carbonyl (C=O) groups is 4. The summed E-state index contributed by atoms with van der Waals surface area (Å²) in [6.45, 7) is 4.90. The maximum atomic E-state index is 13.2. The van der Waals surface area contributed by atoms with E-state index in [1.807, 2.05) is 12.1 Å². The number of primary amides is 1. The Kier molecular flexibility index (Phi) is 7.75. The summed E-state index contributed by atoms with van der Waals surface area (Å²) in [5.41, 5.74) is 8.24. The molecule has 11 nitrogen and oxygen atoms in total. The molecule has 1 saturated carbocycles. The highest BCUT2D eigenvalue weighted by molar-refractivity contribution is 5.97. The number of aromatic nitrogens is 2. The van der Waals surface area contributed by atoms with Crippen molar-refractivity contribution in [3.8, 4) is 0 Å². The number of hydrazine groups is 1. The van der Waals surface area contributed by atoms with Crippen LogP contribution < -0.4 is 16.5 Å². The number of aromatic amines is 1. The molecule has 3 rings (SSSR count). The van der Waals surface area contributed by atoms with E-state index in [1.54, 1.807) is 32.9 Å². The monoisotopic (exact) mass is 472 g/mol. The Morgan fingerprint density at radius 1 is 1.24 bits per heavy atom. The fourth-order valence-corrected chi connectivity index (χ4v) is 3.52. The highest BCUT2D eigenvalue weighted by Crippen LogP contribution is 2.30. The van der Waals surface area contributed by atoms with Crippen molar-refractivity contribution >= 4 is 34.8 Å². The molecule has 1 atom stereocenters. The molecule has 11 heteroatoms. The van der Waals surface area contributed by atoms with Gasteiger partial charge in [-0.25, -0.2) is 14.8 Å². The summed E-state index contributed by atoms with van der Waals surface area (Å²) in [7, 11) is 0. The largest absolute Gasteiger partial charge is 0.442 e. The van der Waals surface area contributed by atoms with Crippen LogP contribution in [-0.4, -0.2) is 57.0 Å². The number of nitrogens with one attached hydrogen (secondary N) is 3. The molecule has 184 valence electrons. The van der Waals surface area contributed by atoms with Gasteiger partial charge in [-0.05, 0) is 45.2 Å². The second-order valence-corrected chi connectivity index (χ2v) is 9.49. The molecule has 1 aromatic heterocycles. The lowest BCUT2D eigenvalue weighted by Gasteiger charge is -2.32. The number of H-pyrrole nitrogens is 1. The Labute approximate surface area is 197 Å². The molecule has 1 heterocycles. The van der Waals surface area contributed by atoms with Crippen LogP contribution in [0.25, 0.3) is 11.0 Å². The normalized spacial score (nSPS) is 14.7. The van der Waals surface area contributed by atoms with E-state index in [-0.39, 0.29) is 24.7 Å². The van der Waals surface area contributed by atoms with Gasteiger partial charge in [-0.3, -0.25) is 19.8 Å². The second-order valence-electron chi connectivity index (χ2n) is 9.49. The number of carbonyl (C=O) groups excluding carboxylic acids is 4. The molecule has 0 spiro atoms. The molecule has 1 fully saturated rings. The molecule has 1 aliphatic carbocycles. The summed E-state index contributed by atoms with van der Waals surface area (Å²) in [5.74, 6) is -1.38. The van der Waals surface area contributed by atoms with Crippen LogP contribution in [-0.2, 0) is 14.3 Å². The topological polar surface area (TPSA) is 160 Å². The number of amides is 4. The van der Waals surface area contributed by atoms with E-state index in [4.69, 9.17) is 10.5 Å². The third-order valence-electron chi connectivity index (χ3n) is 5.46. The van der Waals surface area contributed by atoms with Crippen LogP contribution >= 0.6 is 0 Å². The maximum Gasteiger partial charge on any atom is 0.429 e. The van der Waals surface area contributed by atoms with Crippen molar-refractivity contribution in [2.75, 3.05) is 6.54 Å². The minimum absolute atomic E-state index is 0.0883. The number of nitrogens with zero attached hydrogens (tertiary/aromatic N) is 2. The molecule has 4 amide bonds. The molecular formula is C23H32N6O5. The van der Waals surface area contributed by atoms with Crippen LogP contribution in [0, 0.1) is 5.92 Å². The van der Waals surface area contributed by atoms with Gasteiger partial charge in [0.1, 0.15) is 11.6 Å². The Bertz CT molecular complexity index is 1020. The molecule has 1 aliphatic rings. The average molecular weight is 473 g/mol. The SMILES string of the molecule is CC(C)(C)OC(=O)N(CCC(N)=O)NC(=O)[C@H](CC1CCC1)NC(=O)c1nc2ccccc2[nH]1. The van der Waals surface area contributed by atoms with Crippen molar-refractivity contribution in [1.82, 2.24) is 25.7 Å². The van der Waals surface area contributed by atoms with E-state index < -0.39 is 35.5 Å². The van der Waals surface area contributed by atoms with Gasteiger partial charge in [0.25, 0.3) is 11.8 Å². The molecule has 0 saturated heterocycles. The van der Waals surface area contributed by atoms with Crippen molar-refractivity contribution < 1.29 is 23.9 Å². The number of rotatable bonds is 8. The number of ether oxygens (including phenoxy) is 1. The second kappa shape index (κ2) is 10.5. The molecule has 0 bridgehead atoms. The summed E-state index contributed by atoms with van der Waals surface area (Å²) in [6.07, 6.45) is 2.41. The zero-order chi connectivity index (χ0) is 24.9. The third kappa shape index (κ3) is 6.93. The van der Waals surface area contributed by atoms with Crippen molar-refractivity contribution in [3.63, 3.8) is 0 Å². The van der Waals surface area contributed by atoms with E-state index in [0.29, 0.717) is 17.5 Å². The molecular weight excluding hydrogens is 440 g/mol. The zero-order valence-electron chi connectivity index (χ0n) is 19.7. The van der Waals surface area contributed by atoms with Gasteiger partial charge in [0.2, 0.25) is 5.91 Å². The number of benzene rings is 1. The number of fused-ring (bicyclic) bond motifs is 1. The molecule has 0 aliphatic heterocycles. The average Bonchev–Trinajstić information content (AvgIpc) is 3.15. The van der Waals surface area contributed by atoms with Crippen molar-refractivity contribution in [1.29, 1.82) is 0 Å². The Morgan fingerprint density at radius 3 is 2.53 bits per heavy atom. The number of nitrogens with two attached hydrogens (primary N) is 1. The minimum atomic E-state index is -0.912. The highest BCUT2D eigenvalue weighted by atomic mass is 16.6. The zero-order valence-corrected chi connectivity index (χ0v) is 19.7. The molecule has 34 heavy (non-hydrogen) atoms. The fourth-order valence-electron chi connectivity index (χ4n) is 3.52. The maximum absolute atomic E-state index is 13.2. The third-order valence-corrected chi connectivity index (χ3v) is 5.46. The highest BCUT2D eigenvalue weighted by Gasteiger charge is 2.32. The standard InChI is InChI=1S/C23H32N6O5/c1-23(2,3)34-22(33)29(12-11-18(24)30)28-20(31)17(13-14-7-6-8-14)27-21(32)19-25-15-9-4-5-10-16(15)26-19/h4-5,9-10,14,17H,6-8,11-13H2,1-3H3,(H2,24,30)(H,25,26)(H,27,32)(H,28,31)/t17-/m0/s1. The van der Waals surface area contributed by atoms with E-state index in [1.165, 1.54) is 0 Å². The lowest BCUT2D eigenvalue weighted by molar-refractivity contribution is -0.129. The van der Waals surface area contributed by atoms with Crippen LogP contribution in [0.4, 0.5) is 4.79 Å². The molecule has 0 radical (unpaired) electrons. The first-order chi connectivity index (χ1) is 16.0. The number of para-hydroxylation sites is 2. The first-order valence-corrected chi connectivity index (χ1v) is 11.4. The van der Waals surface area contributed by atoms with Gasteiger partial charge >= 0.3 is 6.09 Å².